The Bertz CT molecular complexity index is 338. The van der Waals surface area contributed by atoms with Crippen molar-refractivity contribution in [2.45, 2.75) is 13.8 Å². The molecule has 1 heterocycles. The number of halogens is 2. The Morgan fingerprint density at radius 2 is 2.25 bits per heavy atom. The van der Waals surface area contributed by atoms with Crippen LogP contribution in [0.1, 0.15) is 23.1 Å². The molecule has 0 aromatic carbocycles. The van der Waals surface area contributed by atoms with Crippen molar-refractivity contribution in [1.29, 1.82) is 0 Å². The van der Waals surface area contributed by atoms with Crippen molar-refractivity contribution >= 4 is 33.3 Å². The van der Waals surface area contributed by atoms with Crippen LogP contribution in [0.2, 0.25) is 5.02 Å². The van der Waals surface area contributed by atoms with Crippen LogP contribution >= 0.6 is 27.5 Å². The van der Waals surface area contributed by atoms with Crippen molar-refractivity contribution in [3.8, 4) is 0 Å². The van der Waals surface area contributed by atoms with Crippen molar-refractivity contribution in [2.75, 3.05) is 0 Å². The van der Waals surface area contributed by atoms with Gasteiger partial charge < -0.3 is 0 Å². The minimum atomic E-state index is -0.0903. The van der Waals surface area contributed by atoms with Gasteiger partial charge in [-0.15, -0.1) is 0 Å². The number of ketones is 1. The summed E-state index contributed by atoms with van der Waals surface area (Å²) in [4.78, 5) is 15.1. The van der Waals surface area contributed by atoms with Crippen molar-refractivity contribution in [1.82, 2.24) is 4.98 Å². The number of carbonyl (C=O) groups is 1. The van der Waals surface area contributed by atoms with Gasteiger partial charge >= 0.3 is 0 Å². The minimum Gasteiger partial charge on any atom is -0.293 e. The van der Waals surface area contributed by atoms with E-state index in [1.165, 1.54) is 6.92 Å². The van der Waals surface area contributed by atoms with Crippen LogP contribution in [-0.2, 0) is 0 Å². The first kappa shape index (κ1) is 9.68. The highest BCUT2D eigenvalue weighted by Crippen LogP contribution is 2.25. The molecule has 0 amide bonds. The first-order chi connectivity index (χ1) is 5.52. The number of hydrogen-bond acceptors (Lipinski definition) is 2. The third kappa shape index (κ3) is 1.84. The van der Waals surface area contributed by atoms with Gasteiger partial charge in [-0.05, 0) is 28.9 Å². The molecule has 1 aromatic rings. The highest BCUT2D eigenvalue weighted by Gasteiger charge is 2.10. The number of carbonyl (C=O) groups excluding carboxylic acids is 1. The lowest BCUT2D eigenvalue weighted by molar-refractivity contribution is 0.101. The van der Waals surface area contributed by atoms with Gasteiger partial charge in [0, 0.05) is 12.6 Å². The van der Waals surface area contributed by atoms with Crippen LogP contribution in [0.4, 0.5) is 0 Å². The Kier molecular flexibility index (Phi) is 2.85. The van der Waals surface area contributed by atoms with Crippen LogP contribution in [0, 0.1) is 6.92 Å². The SMILES string of the molecule is CC(=O)c1nc(C)cc(Cl)c1Br. The summed E-state index contributed by atoms with van der Waals surface area (Å²) < 4.78 is 0.572. The Morgan fingerprint density at radius 3 is 2.75 bits per heavy atom. The largest absolute Gasteiger partial charge is 0.293 e. The van der Waals surface area contributed by atoms with E-state index in [1.807, 2.05) is 0 Å². The molecule has 0 bridgehead atoms. The molecule has 0 N–H and O–H groups in total. The van der Waals surface area contributed by atoms with Gasteiger partial charge in [0.05, 0.1) is 9.50 Å². The van der Waals surface area contributed by atoms with Gasteiger partial charge in [-0.25, -0.2) is 4.98 Å². The van der Waals surface area contributed by atoms with Gasteiger partial charge in [0.25, 0.3) is 0 Å². The van der Waals surface area contributed by atoms with E-state index in [2.05, 4.69) is 20.9 Å². The zero-order valence-electron chi connectivity index (χ0n) is 6.69. The van der Waals surface area contributed by atoms with Crippen LogP contribution in [0.15, 0.2) is 10.5 Å². The predicted octanol–water partition coefficient (Wildman–Crippen LogP) is 3.01. The molecule has 0 fully saturated rings. The second-order valence-electron chi connectivity index (χ2n) is 2.46. The molecule has 2 nitrogen and oxygen atoms in total. The van der Waals surface area contributed by atoms with E-state index in [0.29, 0.717) is 15.2 Å². The highest BCUT2D eigenvalue weighted by atomic mass is 79.9. The van der Waals surface area contributed by atoms with Gasteiger partial charge in [-0.1, -0.05) is 11.6 Å². The molecule has 0 aliphatic heterocycles. The first-order valence-corrected chi connectivity index (χ1v) is 4.53. The molecule has 0 saturated heterocycles. The van der Waals surface area contributed by atoms with E-state index < -0.39 is 0 Å². The van der Waals surface area contributed by atoms with Crippen molar-refractivity contribution in [3.05, 3.63) is 26.9 Å². The zero-order chi connectivity index (χ0) is 9.30. The lowest BCUT2D eigenvalue weighted by Crippen LogP contribution is -2.00. The average Bonchev–Trinajstić information content (AvgIpc) is 1.96. The molecule has 0 aliphatic rings. The van der Waals surface area contributed by atoms with E-state index >= 15 is 0 Å². The number of nitrogens with zero attached hydrogens (tertiary/aromatic N) is 1. The number of rotatable bonds is 1. The summed E-state index contributed by atoms with van der Waals surface area (Å²) in [5.41, 5.74) is 1.13. The van der Waals surface area contributed by atoms with E-state index in [0.717, 1.165) is 5.69 Å². The van der Waals surface area contributed by atoms with E-state index in [4.69, 9.17) is 11.6 Å². The molecular formula is C8H7BrClNO. The van der Waals surface area contributed by atoms with Crippen LogP contribution in [-0.4, -0.2) is 10.8 Å². The highest BCUT2D eigenvalue weighted by molar-refractivity contribution is 9.10. The second-order valence-corrected chi connectivity index (χ2v) is 3.66. The summed E-state index contributed by atoms with van der Waals surface area (Å²) in [5.74, 6) is -0.0903. The maximum absolute atomic E-state index is 11.0. The van der Waals surface area contributed by atoms with Crippen molar-refractivity contribution in [2.24, 2.45) is 0 Å². The van der Waals surface area contributed by atoms with E-state index in [-0.39, 0.29) is 5.78 Å². The maximum atomic E-state index is 11.0. The summed E-state index contributed by atoms with van der Waals surface area (Å²) >= 11 is 9.02. The number of aromatic nitrogens is 1. The number of aryl methyl sites for hydroxylation is 1. The summed E-state index contributed by atoms with van der Waals surface area (Å²) in [6.45, 7) is 3.26. The number of pyridine rings is 1. The summed E-state index contributed by atoms with van der Waals surface area (Å²) in [6.07, 6.45) is 0. The third-order valence-electron chi connectivity index (χ3n) is 1.37. The average molecular weight is 249 g/mol. The fraction of sp³-hybridized carbons (Fsp3) is 0.250. The molecule has 0 aliphatic carbocycles. The summed E-state index contributed by atoms with van der Waals surface area (Å²) in [5, 5.41) is 0.521. The van der Waals surface area contributed by atoms with E-state index in [9.17, 15) is 4.79 Å². The quantitative estimate of drug-likeness (QED) is 0.715. The van der Waals surface area contributed by atoms with Gasteiger partial charge in [0.1, 0.15) is 5.69 Å². The second kappa shape index (κ2) is 3.54. The lowest BCUT2D eigenvalue weighted by Gasteiger charge is -2.02. The van der Waals surface area contributed by atoms with E-state index in [1.54, 1.807) is 13.0 Å². The van der Waals surface area contributed by atoms with Crippen molar-refractivity contribution in [3.63, 3.8) is 0 Å². The van der Waals surface area contributed by atoms with Gasteiger partial charge in [-0.3, -0.25) is 4.79 Å². The van der Waals surface area contributed by atoms with Gasteiger partial charge in [0.2, 0.25) is 0 Å². The lowest BCUT2D eigenvalue weighted by atomic mass is 10.2. The fourth-order valence-electron chi connectivity index (χ4n) is 0.851. The molecule has 0 saturated carbocycles. The molecule has 12 heavy (non-hydrogen) atoms. The zero-order valence-corrected chi connectivity index (χ0v) is 9.03. The van der Waals surface area contributed by atoms with Gasteiger partial charge in [-0.2, -0.15) is 0 Å². The monoisotopic (exact) mass is 247 g/mol. The smallest absolute Gasteiger partial charge is 0.179 e. The predicted molar refractivity (Wildman–Crippen MR) is 51.7 cm³/mol. The summed E-state index contributed by atoms with van der Waals surface area (Å²) in [7, 11) is 0. The standard InChI is InChI=1S/C8H7BrClNO/c1-4-3-6(10)7(9)8(11-4)5(2)12/h3H,1-2H3. The molecule has 1 rings (SSSR count). The molecule has 0 unspecified atom stereocenters. The maximum Gasteiger partial charge on any atom is 0.179 e. The normalized spacial score (nSPS) is 10.0. The summed E-state index contributed by atoms with van der Waals surface area (Å²) in [6, 6.07) is 1.71. The Balaban J connectivity index is 3.37. The molecule has 4 heteroatoms. The topological polar surface area (TPSA) is 30.0 Å². The Hall–Kier alpha value is -0.410. The fourth-order valence-corrected chi connectivity index (χ4v) is 1.58. The van der Waals surface area contributed by atoms with Crippen LogP contribution < -0.4 is 0 Å². The minimum absolute atomic E-state index is 0.0903. The van der Waals surface area contributed by atoms with Gasteiger partial charge in [0.15, 0.2) is 5.78 Å². The van der Waals surface area contributed by atoms with Crippen LogP contribution in [0.5, 0.6) is 0 Å². The molecule has 0 spiro atoms. The number of Topliss-reactive ketones (excluding diaryl/α,β-unsaturated/α-hetero) is 1. The van der Waals surface area contributed by atoms with Crippen molar-refractivity contribution < 1.29 is 4.79 Å². The third-order valence-corrected chi connectivity index (χ3v) is 2.70. The molecule has 64 valence electrons. The van der Waals surface area contributed by atoms with Crippen LogP contribution in [0.3, 0.4) is 0 Å². The molecule has 1 aromatic heterocycles. The molecule has 0 atom stereocenters. The molecular weight excluding hydrogens is 241 g/mol. The first-order valence-electron chi connectivity index (χ1n) is 3.36. The Morgan fingerprint density at radius 1 is 1.67 bits per heavy atom. The number of hydrogen-bond donors (Lipinski definition) is 0. The van der Waals surface area contributed by atoms with Crippen LogP contribution in [0.25, 0.3) is 0 Å². The Labute approximate surface area is 84.1 Å². The molecule has 0 radical (unpaired) electrons.